The topological polar surface area (TPSA) is 26.3 Å². The van der Waals surface area contributed by atoms with Crippen LogP contribution in [-0.4, -0.2) is 12.1 Å². The van der Waals surface area contributed by atoms with Gasteiger partial charge in [-0.25, -0.2) is 0 Å². The van der Waals surface area contributed by atoms with Gasteiger partial charge < -0.3 is 4.74 Å². The molecule has 0 aromatic heterocycles. The van der Waals surface area contributed by atoms with Gasteiger partial charge in [0.05, 0.1) is 0 Å². The van der Waals surface area contributed by atoms with Crippen molar-refractivity contribution in [1.29, 1.82) is 0 Å². The summed E-state index contributed by atoms with van der Waals surface area (Å²) in [5, 5.41) is 0. The van der Waals surface area contributed by atoms with Crippen molar-refractivity contribution in [2.45, 2.75) is 38.7 Å². The summed E-state index contributed by atoms with van der Waals surface area (Å²) in [7, 11) is 0. The molecule has 2 saturated carbocycles. The quantitative estimate of drug-likeness (QED) is 0.512. The van der Waals surface area contributed by atoms with Gasteiger partial charge in [0.25, 0.3) is 0 Å². The Morgan fingerprint density at radius 2 is 2.27 bits per heavy atom. The van der Waals surface area contributed by atoms with Gasteiger partial charge in [-0.2, -0.15) is 0 Å². The lowest BCUT2D eigenvalue weighted by molar-refractivity contribution is -0.152. The molecule has 0 unspecified atom stereocenters. The number of fused-ring (bicyclic) bond motifs is 5. The molecule has 0 aromatic carbocycles. The van der Waals surface area contributed by atoms with Crippen molar-refractivity contribution in [1.82, 2.24) is 0 Å². The molecule has 3 aliphatic rings. The van der Waals surface area contributed by atoms with Crippen LogP contribution < -0.4 is 0 Å². The van der Waals surface area contributed by atoms with Crippen molar-refractivity contribution >= 4 is 5.97 Å². The Morgan fingerprint density at radius 1 is 1.40 bits per heavy atom. The molecule has 2 bridgehead atoms. The molecule has 15 heavy (non-hydrogen) atoms. The Kier molecular flexibility index (Phi) is 2.11. The number of rotatable bonds is 2. The first-order valence-corrected chi connectivity index (χ1v) is 6.15. The smallest absolute Gasteiger partial charge is 0.305 e. The summed E-state index contributed by atoms with van der Waals surface area (Å²) in [6, 6.07) is 0. The zero-order chi connectivity index (χ0) is 10.4. The summed E-state index contributed by atoms with van der Waals surface area (Å²) < 4.78 is 5.54. The number of carbonyl (C=O) groups excluding carboxylic acids is 1. The first-order chi connectivity index (χ1) is 7.29. The van der Waals surface area contributed by atoms with Crippen LogP contribution >= 0.6 is 0 Å². The van der Waals surface area contributed by atoms with Crippen LogP contribution in [0.25, 0.3) is 0 Å². The monoisotopic (exact) mass is 206 g/mol. The Hall–Kier alpha value is -0.790. The van der Waals surface area contributed by atoms with Crippen LogP contribution in [0, 0.1) is 23.7 Å². The van der Waals surface area contributed by atoms with E-state index in [0.717, 1.165) is 24.2 Å². The number of esters is 1. The molecule has 0 N–H and O–H groups in total. The van der Waals surface area contributed by atoms with Gasteiger partial charge in [0, 0.05) is 6.42 Å². The van der Waals surface area contributed by atoms with Crippen LogP contribution in [0.2, 0.25) is 0 Å². The van der Waals surface area contributed by atoms with Gasteiger partial charge in [-0.3, -0.25) is 4.79 Å². The Morgan fingerprint density at radius 3 is 3.07 bits per heavy atom. The average Bonchev–Trinajstić information content (AvgIpc) is 2.87. The van der Waals surface area contributed by atoms with Crippen molar-refractivity contribution in [3.8, 4) is 0 Å². The van der Waals surface area contributed by atoms with E-state index in [1.165, 1.54) is 12.8 Å². The molecule has 5 atom stereocenters. The number of hydrogen-bond donors (Lipinski definition) is 0. The van der Waals surface area contributed by atoms with Crippen LogP contribution in [-0.2, 0) is 9.53 Å². The molecule has 0 heterocycles. The molecule has 0 amide bonds. The minimum atomic E-state index is -0.0185. The third-order valence-electron chi connectivity index (χ3n) is 4.51. The van der Waals surface area contributed by atoms with Gasteiger partial charge in [0.15, 0.2) is 0 Å². The van der Waals surface area contributed by atoms with Gasteiger partial charge in [0.1, 0.15) is 6.10 Å². The van der Waals surface area contributed by atoms with E-state index in [4.69, 9.17) is 4.74 Å². The van der Waals surface area contributed by atoms with E-state index in [2.05, 4.69) is 12.2 Å². The molecule has 0 saturated heterocycles. The molecule has 2 fully saturated rings. The third kappa shape index (κ3) is 1.34. The highest BCUT2D eigenvalue weighted by Crippen LogP contribution is 2.57. The lowest BCUT2D eigenvalue weighted by atomic mass is 9.80. The molecule has 3 aliphatic carbocycles. The normalized spacial score (nSPS) is 45.8. The third-order valence-corrected chi connectivity index (χ3v) is 4.51. The standard InChI is InChI=1S/C13H18O2/c1-2-13(14)15-12-7-8-6-11(12)10-5-3-4-9(8)10/h3-4,8-12H,2,5-7H2,1H3/t8-,9-,10+,11-,12+/m1/s1. The minimum absolute atomic E-state index is 0.0185. The number of hydrogen-bond acceptors (Lipinski definition) is 2. The first kappa shape index (κ1) is 9.44. The molecule has 2 heteroatoms. The van der Waals surface area contributed by atoms with Crippen LogP contribution in [0.4, 0.5) is 0 Å². The summed E-state index contributed by atoms with van der Waals surface area (Å²) in [4.78, 5) is 11.3. The maximum atomic E-state index is 11.3. The highest BCUT2D eigenvalue weighted by Gasteiger charge is 2.53. The van der Waals surface area contributed by atoms with E-state index >= 15 is 0 Å². The predicted octanol–water partition coefficient (Wildman–Crippen LogP) is 2.54. The van der Waals surface area contributed by atoms with Gasteiger partial charge in [-0.05, 0) is 42.9 Å². The van der Waals surface area contributed by atoms with Crippen molar-refractivity contribution in [2.75, 3.05) is 0 Å². The first-order valence-electron chi connectivity index (χ1n) is 6.15. The molecular formula is C13H18O2. The highest BCUT2D eigenvalue weighted by molar-refractivity contribution is 5.69. The second-order valence-electron chi connectivity index (χ2n) is 5.18. The number of carbonyl (C=O) groups is 1. The summed E-state index contributed by atoms with van der Waals surface area (Å²) in [5.74, 6) is 3.04. The number of allylic oxidation sites excluding steroid dienone is 2. The molecule has 0 spiro atoms. The lowest BCUT2D eigenvalue weighted by Crippen LogP contribution is -2.32. The molecular weight excluding hydrogens is 188 g/mol. The molecule has 0 aromatic rings. The summed E-state index contributed by atoms with van der Waals surface area (Å²) >= 11 is 0. The zero-order valence-corrected chi connectivity index (χ0v) is 9.19. The molecule has 82 valence electrons. The Balaban J connectivity index is 1.69. The average molecular weight is 206 g/mol. The van der Waals surface area contributed by atoms with Crippen molar-refractivity contribution < 1.29 is 9.53 Å². The number of ether oxygens (including phenoxy) is 1. The van der Waals surface area contributed by atoms with Crippen molar-refractivity contribution in [3.63, 3.8) is 0 Å². The van der Waals surface area contributed by atoms with E-state index in [-0.39, 0.29) is 12.1 Å². The van der Waals surface area contributed by atoms with Gasteiger partial charge in [-0.1, -0.05) is 19.1 Å². The van der Waals surface area contributed by atoms with Crippen LogP contribution in [0.3, 0.4) is 0 Å². The van der Waals surface area contributed by atoms with Crippen molar-refractivity contribution in [3.05, 3.63) is 12.2 Å². The summed E-state index contributed by atoms with van der Waals surface area (Å²) in [5.41, 5.74) is 0. The lowest BCUT2D eigenvalue weighted by Gasteiger charge is -2.30. The highest BCUT2D eigenvalue weighted by atomic mass is 16.5. The minimum Gasteiger partial charge on any atom is -0.462 e. The van der Waals surface area contributed by atoms with E-state index in [1.54, 1.807) is 0 Å². The van der Waals surface area contributed by atoms with Gasteiger partial charge >= 0.3 is 5.97 Å². The fourth-order valence-electron chi connectivity index (χ4n) is 3.88. The fourth-order valence-corrected chi connectivity index (χ4v) is 3.88. The summed E-state index contributed by atoms with van der Waals surface area (Å²) in [6.07, 6.45) is 9.09. The second-order valence-corrected chi connectivity index (χ2v) is 5.18. The predicted molar refractivity (Wildman–Crippen MR) is 57.1 cm³/mol. The fraction of sp³-hybridized carbons (Fsp3) is 0.769. The van der Waals surface area contributed by atoms with Crippen LogP contribution in [0.5, 0.6) is 0 Å². The van der Waals surface area contributed by atoms with E-state index in [0.29, 0.717) is 12.3 Å². The Labute approximate surface area is 90.7 Å². The summed E-state index contributed by atoms with van der Waals surface area (Å²) in [6.45, 7) is 1.87. The Bertz CT molecular complexity index is 308. The molecule has 0 aliphatic heterocycles. The molecule has 3 rings (SSSR count). The van der Waals surface area contributed by atoms with Crippen LogP contribution in [0.15, 0.2) is 12.2 Å². The van der Waals surface area contributed by atoms with E-state index in [9.17, 15) is 4.79 Å². The van der Waals surface area contributed by atoms with E-state index < -0.39 is 0 Å². The van der Waals surface area contributed by atoms with Crippen LogP contribution in [0.1, 0.15) is 32.6 Å². The van der Waals surface area contributed by atoms with Gasteiger partial charge in [0.2, 0.25) is 0 Å². The van der Waals surface area contributed by atoms with E-state index in [1.807, 2.05) is 6.92 Å². The second kappa shape index (κ2) is 3.36. The maximum Gasteiger partial charge on any atom is 0.305 e. The largest absolute Gasteiger partial charge is 0.462 e. The van der Waals surface area contributed by atoms with Crippen molar-refractivity contribution in [2.24, 2.45) is 23.7 Å². The molecule has 0 radical (unpaired) electrons. The molecule has 2 nitrogen and oxygen atoms in total. The van der Waals surface area contributed by atoms with Gasteiger partial charge in [-0.15, -0.1) is 0 Å². The zero-order valence-electron chi connectivity index (χ0n) is 9.19. The maximum absolute atomic E-state index is 11.3. The SMILES string of the molecule is CCC(=O)O[C@H]1C[C@H]2C[C@@H]1[C@H]1CC=C[C@H]21.